The van der Waals surface area contributed by atoms with Crippen LogP contribution in [-0.2, 0) is 4.79 Å². The third-order valence-electron chi connectivity index (χ3n) is 2.48. The van der Waals surface area contributed by atoms with Crippen molar-refractivity contribution in [3.05, 3.63) is 28.8 Å². The number of nitrogens with zero attached hydrogens (tertiary/aromatic N) is 1. The second-order valence-corrected chi connectivity index (χ2v) is 5.09. The quantitative estimate of drug-likeness (QED) is 0.841. The lowest BCUT2D eigenvalue weighted by Crippen LogP contribution is -2.28. The van der Waals surface area contributed by atoms with Crippen LogP contribution in [0.15, 0.2) is 18.2 Å². The molecule has 0 aliphatic rings. The molecule has 0 aromatic heterocycles. The summed E-state index contributed by atoms with van der Waals surface area (Å²) in [5.41, 5.74) is 1.25. The van der Waals surface area contributed by atoms with Crippen molar-refractivity contribution >= 4 is 23.2 Å². The summed E-state index contributed by atoms with van der Waals surface area (Å²) in [5, 5.41) is 15.1. The third-order valence-corrected chi connectivity index (χ3v) is 2.79. The number of rotatable bonds is 6. The van der Waals surface area contributed by atoms with Gasteiger partial charge in [0.05, 0.1) is 10.6 Å². The van der Waals surface area contributed by atoms with Crippen LogP contribution < -0.4 is 10.6 Å². The molecule has 0 bridgehead atoms. The van der Waals surface area contributed by atoms with Crippen LogP contribution in [0.5, 0.6) is 0 Å². The van der Waals surface area contributed by atoms with E-state index in [1.54, 1.807) is 18.2 Å². The zero-order valence-electron chi connectivity index (χ0n) is 11.2. The number of carbonyl (C=O) groups is 1. The lowest BCUT2D eigenvalue weighted by molar-refractivity contribution is -0.120. The van der Waals surface area contributed by atoms with Crippen molar-refractivity contribution in [2.24, 2.45) is 5.92 Å². The molecule has 0 heterocycles. The largest absolute Gasteiger partial charge is 0.384 e. The molecular weight excluding hydrogens is 262 g/mol. The molecule has 0 saturated heterocycles. The van der Waals surface area contributed by atoms with Gasteiger partial charge in [-0.25, -0.2) is 0 Å². The van der Waals surface area contributed by atoms with E-state index < -0.39 is 0 Å². The topological polar surface area (TPSA) is 64.9 Å². The first-order valence-corrected chi connectivity index (χ1v) is 6.61. The molecule has 1 rings (SSSR count). The molecule has 19 heavy (non-hydrogen) atoms. The molecule has 4 nitrogen and oxygen atoms in total. The Hall–Kier alpha value is -1.73. The number of hydrogen-bond donors (Lipinski definition) is 2. The maximum Gasteiger partial charge on any atom is 0.221 e. The van der Waals surface area contributed by atoms with E-state index in [1.807, 2.05) is 6.07 Å². The van der Waals surface area contributed by atoms with Crippen molar-refractivity contribution < 1.29 is 4.79 Å². The fraction of sp³-hybridized carbons (Fsp3) is 0.429. The van der Waals surface area contributed by atoms with Crippen molar-refractivity contribution in [3.8, 4) is 6.07 Å². The molecule has 1 amide bonds. The molecule has 102 valence electrons. The summed E-state index contributed by atoms with van der Waals surface area (Å²) in [7, 11) is 0. The van der Waals surface area contributed by atoms with Crippen LogP contribution in [0.25, 0.3) is 0 Å². The van der Waals surface area contributed by atoms with E-state index in [0.717, 1.165) is 5.69 Å². The first-order chi connectivity index (χ1) is 9.02. The van der Waals surface area contributed by atoms with E-state index in [4.69, 9.17) is 16.9 Å². The van der Waals surface area contributed by atoms with Gasteiger partial charge in [-0.05, 0) is 24.1 Å². The van der Waals surface area contributed by atoms with Crippen LogP contribution in [-0.4, -0.2) is 19.0 Å². The molecule has 2 N–H and O–H groups in total. The van der Waals surface area contributed by atoms with Gasteiger partial charge in [0.1, 0.15) is 6.07 Å². The maximum atomic E-state index is 11.5. The number of benzene rings is 1. The summed E-state index contributed by atoms with van der Waals surface area (Å²) in [5.74, 6) is 0.482. The number of hydrogen-bond acceptors (Lipinski definition) is 3. The molecule has 0 aliphatic carbocycles. The number of amides is 1. The van der Waals surface area contributed by atoms with E-state index in [2.05, 4.69) is 24.5 Å². The SMILES string of the molecule is CC(C)CNC(=O)CCNc1ccc(C#N)c(Cl)c1. The first kappa shape index (κ1) is 15.3. The highest BCUT2D eigenvalue weighted by Gasteiger charge is 2.03. The Balaban J connectivity index is 2.35. The van der Waals surface area contributed by atoms with Gasteiger partial charge in [0.15, 0.2) is 0 Å². The average Bonchev–Trinajstić information content (AvgIpc) is 2.36. The first-order valence-electron chi connectivity index (χ1n) is 6.23. The molecule has 0 saturated carbocycles. The Morgan fingerprint density at radius 3 is 2.79 bits per heavy atom. The highest BCUT2D eigenvalue weighted by molar-refractivity contribution is 6.32. The number of halogens is 1. The molecule has 0 atom stereocenters. The van der Waals surface area contributed by atoms with Crippen LogP contribution in [0.2, 0.25) is 5.02 Å². The van der Waals surface area contributed by atoms with E-state index >= 15 is 0 Å². The Kier molecular flexibility index (Phi) is 6.17. The van der Waals surface area contributed by atoms with Gasteiger partial charge in [-0.2, -0.15) is 5.26 Å². The van der Waals surface area contributed by atoms with Crippen LogP contribution in [0, 0.1) is 17.2 Å². The standard InChI is InChI=1S/C14H18ClN3O/c1-10(2)9-18-14(19)5-6-17-12-4-3-11(8-16)13(15)7-12/h3-4,7,10,17H,5-6,9H2,1-2H3,(H,18,19). The van der Waals surface area contributed by atoms with E-state index in [0.29, 0.717) is 36.0 Å². The zero-order valence-corrected chi connectivity index (χ0v) is 11.9. The normalized spacial score (nSPS) is 10.1. The van der Waals surface area contributed by atoms with Gasteiger partial charge in [0.2, 0.25) is 5.91 Å². The van der Waals surface area contributed by atoms with Gasteiger partial charge < -0.3 is 10.6 Å². The second kappa shape index (κ2) is 7.65. The van der Waals surface area contributed by atoms with Crippen molar-refractivity contribution in [2.75, 3.05) is 18.4 Å². The molecule has 1 aromatic carbocycles. The summed E-state index contributed by atoms with van der Waals surface area (Å²) in [6.45, 7) is 5.34. The molecule has 0 spiro atoms. The smallest absolute Gasteiger partial charge is 0.221 e. The number of nitriles is 1. The molecule has 0 fully saturated rings. The highest BCUT2D eigenvalue weighted by Crippen LogP contribution is 2.19. The summed E-state index contributed by atoms with van der Waals surface area (Å²) >= 11 is 5.91. The van der Waals surface area contributed by atoms with E-state index in [1.165, 1.54) is 0 Å². The van der Waals surface area contributed by atoms with E-state index in [-0.39, 0.29) is 5.91 Å². The van der Waals surface area contributed by atoms with Crippen LogP contribution in [0.3, 0.4) is 0 Å². The van der Waals surface area contributed by atoms with Gasteiger partial charge in [-0.15, -0.1) is 0 Å². The lowest BCUT2D eigenvalue weighted by Gasteiger charge is -2.09. The Morgan fingerprint density at radius 2 is 2.21 bits per heavy atom. The molecule has 0 aliphatic heterocycles. The van der Waals surface area contributed by atoms with Gasteiger partial charge >= 0.3 is 0 Å². The summed E-state index contributed by atoms with van der Waals surface area (Å²) < 4.78 is 0. The van der Waals surface area contributed by atoms with Crippen molar-refractivity contribution in [3.63, 3.8) is 0 Å². The molecule has 1 aromatic rings. The molecule has 0 unspecified atom stereocenters. The molecule has 5 heteroatoms. The monoisotopic (exact) mass is 279 g/mol. The average molecular weight is 280 g/mol. The number of nitrogens with one attached hydrogen (secondary N) is 2. The van der Waals surface area contributed by atoms with Crippen molar-refractivity contribution in [2.45, 2.75) is 20.3 Å². The maximum absolute atomic E-state index is 11.5. The van der Waals surface area contributed by atoms with E-state index in [9.17, 15) is 4.79 Å². The Bertz CT molecular complexity index is 480. The van der Waals surface area contributed by atoms with Gasteiger partial charge in [-0.1, -0.05) is 25.4 Å². The minimum Gasteiger partial charge on any atom is -0.384 e. The summed E-state index contributed by atoms with van der Waals surface area (Å²) in [4.78, 5) is 11.5. The predicted octanol–water partition coefficient (Wildman–Crippen LogP) is 2.79. The lowest BCUT2D eigenvalue weighted by atomic mass is 10.2. The third kappa shape index (κ3) is 5.62. The Morgan fingerprint density at radius 1 is 1.47 bits per heavy atom. The fourth-order valence-electron chi connectivity index (χ4n) is 1.44. The van der Waals surface area contributed by atoms with Gasteiger partial charge in [0.25, 0.3) is 0 Å². The van der Waals surface area contributed by atoms with Crippen LogP contribution >= 0.6 is 11.6 Å². The van der Waals surface area contributed by atoms with Crippen LogP contribution in [0.1, 0.15) is 25.8 Å². The predicted molar refractivity (Wildman–Crippen MR) is 77.1 cm³/mol. The minimum atomic E-state index is 0.0286. The second-order valence-electron chi connectivity index (χ2n) is 4.68. The zero-order chi connectivity index (χ0) is 14.3. The van der Waals surface area contributed by atoms with Crippen LogP contribution in [0.4, 0.5) is 5.69 Å². The number of carbonyl (C=O) groups excluding carboxylic acids is 1. The van der Waals surface area contributed by atoms with Crippen molar-refractivity contribution in [1.82, 2.24) is 5.32 Å². The Labute approximate surface area is 118 Å². The summed E-state index contributed by atoms with van der Waals surface area (Å²) in [6, 6.07) is 7.12. The van der Waals surface area contributed by atoms with Crippen molar-refractivity contribution in [1.29, 1.82) is 5.26 Å². The fourth-order valence-corrected chi connectivity index (χ4v) is 1.67. The highest BCUT2D eigenvalue weighted by atomic mass is 35.5. The molecule has 0 radical (unpaired) electrons. The minimum absolute atomic E-state index is 0.0286. The van der Waals surface area contributed by atoms with Gasteiger partial charge in [-0.3, -0.25) is 4.79 Å². The molecular formula is C14H18ClN3O. The van der Waals surface area contributed by atoms with Gasteiger partial charge in [0, 0.05) is 25.2 Å². The summed E-state index contributed by atoms with van der Waals surface area (Å²) in [6.07, 6.45) is 0.407. The number of anilines is 1.